The van der Waals surface area contributed by atoms with Gasteiger partial charge >= 0.3 is 5.97 Å². The zero-order valence-electron chi connectivity index (χ0n) is 15.4. The van der Waals surface area contributed by atoms with Gasteiger partial charge < -0.3 is 10.1 Å². The monoisotopic (exact) mass is 366 g/mol. The Balaban J connectivity index is 2.16. The summed E-state index contributed by atoms with van der Waals surface area (Å²) in [6, 6.07) is 15.7. The van der Waals surface area contributed by atoms with Crippen molar-refractivity contribution in [1.82, 2.24) is 5.32 Å². The number of anilines is 1. The zero-order chi connectivity index (χ0) is 18.8. The number of aryl methyl sites for hydroxylation is 2. The summed E-state index contributed by atoms with van der Waals surface area (Å²) in [5.41, 5.74) is 5.52. The average molecular weight is 366 g/mol. The Labute approximate surface area is 159 Å². The third-order valence-corrected chi connectivity index (χ3v) is 4.79. The number of benzene rings is 2. The molecule has 0 aliphatic carbocycles. The number of allylic oxidation sites excluding steroid dienone is 1. The van der Waals surface area contributed by atoms with Gasteiger partial charge in [0.1, 0.15) is 0 Å². The number of carbonyl (C=O) groups excluding carboxylic acids is 1. The van der Waals surface area contributed by atoms with Crippen molar-refractivity contribution in [1.29, 1.82) is 0 Å². The number of esters is 1. The normalized spacial score (nSPS) is 17.2. The molecule has 5 heteroatoms. The first-order valence-corrected chi connectivity index (χ1v) is 8.86. The highest BCUT2D eigenvalue weighted by Crippen LogP contribution is 2.34. The molecule has 0 unspecified atom stereocenters. The third kappa shape index (κ3) is 3.35. The lowest BCUT2D eigenvalue weighted by atomic mass is 9.94. The summed E-state index contributed by atoms with van der Waals surface area (Å²) in [6.07, 6.45) is 0. The van der Waals surface area contributed by atoms with Crippen LogP contribution in [-0.2, 0) is 9.53 Å². The SMILES string of the molecule is COC(=O)C1=C(C)N(c2cc(C)cc(C)c2)C(=S)N[C@H]1c1ccccc1. The van der Waals surface area contributed by atoms with Crippen LogP contribution in [0.4, 0.5) is 5.69 Å². The van der Waals surface area contributed by atoms with Crippen molar-refractivity contribution < 1.29 is 9.53 Å². The van der Waals surface area contributed by atoms with Gasteiger partial charge in [-0.25, -0.2) is 4.79 Å². The van der Waals surface area contributed by atoms with Crippen molar-refractivity contribution in [2.24, 2.45) is 0 Å². The fourth-order valence-electron chi connectivity index (χ4n) is 3.40. The fraction of sp³-hybridized carbons (Fsp3) is 0.238. The van der Waals surface area contributed by atoms with Gasteiger partial charge in [-0.2, -0.15) is 0 Å². The Morgan fingerprint density at radius 3 is 2.27 bits per heavy atom. The summed E-state index contributed by atoms with van der Waals surface area (Å²) >= 11 is 5.65. The van der Waals surface area contributed by atoms with Crippen LogP contribution < -0.4 is 10.2 Å². The Kier molecular flexibility index (Phi) is 5.09. The molecule has 26 heavy (non-hydrogen) atoms. The van der Waals surface area contributed by atoms with E-state index in [1.165, 1.54) is 7.11 Å². The van der Waals surface area contributed by atoms with Crippen LogP contribution in [0.25, 0.3) is 0 Å². The number of hydrogen-bond acceptors (Lipinski definition) is 3. The van der Waals surface area contributed by atoms with Crippen molar-refractivity contribution in [3.63, 3.8) is 0 Å². The molecule has 0 spiro atoms. The summed E-state index contributed by atoms with van der Waals surface area (Å²) in [4.78, 5) is 14.5. The number of methoxy groups -OCH3 is 1. The van der Waals surface area contributed by atoms with E-state index in [2.05, 4.69) is 23.5 Å². The van der Waals surface area contributed by atoms with Gasteiger partial charge in [-0.15, -0.1) is 0 Å². The number of carbonyl (C=O) groups is 1. The molecule has 1 N–H and O–H groups in total. The van der Waals surface area contributed by atoms with E-state index < -0.39 is 0 Å². The summed E-state index contributed by atoms with van der Waals surface area (Å²) in [6.45, 7) is 6.00. The Morgan fingerprint density at radius 2 is 1.69 bits per heavy atom. The van der Waals surface area contributed by atoms with Crippen molar-refractivity contribution >= 4 is 29.0 Å². The van der Waals surface area contributed by atoms with Gasteiger partial charge in [0, 0.05) is 11.4 Å². The quantitative estimate of drug-likeness (QED) is 0.652. The molecule has 1 aliphatic heterocycles. The number of hydrogen-bond donors (Lipinski definition) is 1. The predicted octanol–water partition coefficient (Wildman–Crippen LogP) is 4.19. The maximum absolute atomic E-state index is 12.6. The van der Waals surface area contributed by atoms with Crippen LogP contribution in [0.15, 0.2) is 59.8 Å². The molecule has 3 rings (SSSR count). The Hall–Kier alpha value is -2.66. The van der Waals surface area contributed by atoms with Gasteiger partial charge in [-0.3, -0.25) is 4.90 Å². The number of ether oxygens (including phenoxy) is 1. The summed E-state index contributed by atoms with van der Waals surface area (Å²) in [5, 5.41) is 3.88. The van der Waals surface area contributed by atoms with E-state index in [0.29, 0.717) is 10.7 Å². The van der Waals surface area contributed by atoms with Gasteiger partial charge in [0.2, 0.25) is 0 Å². The summed E-state index contributed by atoms with van der Waals surface area (Å²) in [5.74, 6) is -0.360. The van der Waals surface area contributed by atoms with Crippen LogP contribution in [0.1, 0.15) is 29.7 Å². The molecule has 1 heterocycles. The molecule has 0 amide bonds. The van der Waals surface area contributed by atoms with Crippen LogP contribution >= 0.6 is 12.2 Å². The lowest BCUT2D eigenvalue weighted by Gasteiger charge is -2.37. The average Bonchev–Trinajstić information content (AvgIpc) is 2.60. The fourth-order valence-corrected chi connectivity index (χ4v) is 3.76. The molecule has 0 fully saturated rings. The molecule has 134 valence electrons. The van der Waals surface area contributed by atoms with Crippen LogP contribution in [0.2, 0.25) is 0 Å². The predicted molar refractivity (Wildman–Crippen MR) is 108 cm³/mol. The van der Waals surface area contributed by atoms with E-state index in [1.807, 2.05) is 56.0 Å². The van der Waals surface area contributed by atoms with Crippen LogP contribution in [0.5, 0.6) is 0 Å². The highest BCUT2D eigenvalue weighted by Gasteiger charge is 2.35. The van der Waals surface area contributed by atoms with Gasteiger partial charge in [-0.05, 0) is 61.8 Å². The molecule has 2 aromatic carbocycles. The minimum absolute atomic E-state index is 0.335. The highest BCUT2D eigenvalue weighted by molar-refractivity contribution is 7.80. The number of thiocarbonyl (C=S) groups is 1. The largest absolute Gasteiger partial charge is 0.466 e. The van der Waals surface area contributed by atoms with Gasteiger partial charge in [0.25, 0.3) is 0 Å². The lowest BCUT2D eigenvalue weighted by Crippen LogP contribution is -2.48. The second-order valence-electron chi connectivity index (χ2n) is 6.47. The molecule has 0 aromatic heterocycles. The summed E-state index contributed by atoms with van der Waals surface area (Å²) in [7, 11) is 1.40. The van der Waals surface area contributed by atoms with E-state index in [1.54, 1.807) is 0 Å². The smallest absolute Gasteiger partial charge is 0.337 e. The first-order valence-electron chi connectivity index (χ1n) is 8.45. The van der Waals surface area contributed by atoms with Crippen molar-refractivity contribution in [2.75, 3.05) is 12.0 Å². The standard InChI is InChI=1S/C21H22N2O2S/c1-13-10-14(2)12-17(11-13)23-15(3)18(20(24)25-4)19(22-21(23)26)16-8-6-5-7-9-16/h5-12,19H,1-4H3,(H,22,26)/t19-/m0/s1. The molecule has 2 aromatic rings. The van der Waals surface area contributed by atoms with Crippen molar-refractivity contribution in [3.8, 4) is 0 Å². The molecule has 0 saturated heterocycles. The topological polar surface area (TPSA) is 41.6 Å². The van der Waals surface area contributed by atoms with Crippen LogP contribution in [-0.4, -0.2) is 18.2 Å². The molecule has 0 saturated carbocycles. The van der Waals surface area contributed by atoms with Crippen molar-refractivity contribution in [2.45, 2.75) is 26.8 Å². The molecular formula is C21H22N2O2S. The van der Waals surface area contributed by atoms with Crippen LogP contribution in [0, 0.1) is 13.8 Å². The van der Waals surface area contributed by atoms with Crippen molar-refractivity contribution in [3.05, 3.63) is 76.5 Å². The Bertz CT molecular complexity index is 870. The second-order valence-corrected chi connectivity index (χ2v) is 6.85. The second kappa shape index (κ2) is 7.30. The molecule has 0 bridgehead atoms. The minimum Gasteiger partial charge on any atom is -0.466 e. The van der Waals surface area contributed by atoms with E-state index in [4.69, 9.17) is 17.0 Å². The first-order chi connectivity index (χ1) is 12.4. The first kappa shape index (κ1) is 18.1. The van der Waals surface area contributed by atoms with E-state index in [9.17, 15) is 4.79 Å². The molecule has 4 nitrogen and oxygen atoms in total. The highest BCUT2D eigenvalue weighted by atomic mass is 32.1. The number of nitrogens with zero attached hydrogens (tertiary/aromatic N) is 1. The molecule has 1 atom stereocenters. The Morgan fingerprint density at radius 1 is 1.08 bits per heavy atom. The number of rotatable bonds is 3. The van der Waals surface area contributed by atoms with E-state index in [-0.39, 0.29) is 12.0 Å². The van der Waals surface area contributed by atoms with Gasteiger partial charge in [0.15, 0.2) is 5.11 Å². The zero-order valence-corrected chi connectivity index (χ0v) is 16.2. The third-order valence-electron chi connectivity index (χ3n) is 4.49. The van der Waals surface area contributed by atoms with Gasteiger partial charge in [-0.1, -0.05) is 36.4 Å². The van der Waals surface area contributed by atoms with E-state index in [0.717, 1.165) is 28.1 Å². The minimum atomic E-state index is -0.360. The molecular weight excluding hydrogens is 344 g/mol. The lowest BCUT2D eigenvalue weighted by molar-refractivity contribution is -0.136. The van der Waals surface area contributed by atoms with E-state index >= 15 is 0 Å². The molecule has 0 radical (unpaired) electrons. The molecule has 1 aliphatic rings. The number of nitrogens with one attached hydrogen (secondary N) is 1. The summed E-state index contributed by atoms with van der Waals surface area (Å²) < 4.78 is 5.07. The maximum atomic E-state index is 12.6. The van der Waals surface area contributed by atoms with Gasteiger partial charge in [0.05, 0.1) is 18.7 Å². The maximum Gasteiger partial charge on any atom is 0.337 e. The van der Waals surface area contributed by atoms with Crippen LogP contribution in [0.3, 0.4) is 0 Å².